The van der Waals surface area contributed by atoms with Crippen molar-refractivity contribution in [2.45, 2.75) is 93.4 Å². The number of ether oxygens (including phenoxy) is 2. The fraction of sp³-hybridized carbons (Fsp3) is 0.654. The van der Waals surface area contributed by atoms with Crippen molar-refractivity contribution in [3.8, 4) is 0 Å². The lowest BCUT2D eigenvalue weighted by molar-refractivity contribution is -0.137. The summed E-state index contributed by atoms with van der Waals surface area (Å²) in [7, 11) is -5.45. The number of halogens is 4. The van der Waals surface area contributed by atoms with Crippen LogP contribution in [0.25, 0.3) is 0 Å². The Labute approximate surface area is 223 Å². The van der Waals surface area contributed by atoms with Gasteiger partial charge in [-0.25, -0.2) is 13.1 Å². The van der Waals surface area contributed by atoms with Crippen LogP contribution in [0.2, 0.25) is 25.7 Å². The Balaban J connectivity index is 1.89. The van der Waals surface area contributed by atoms with Crippen LogP contribution in [0.3, 0.4) is 0 Å². The molecule has 0 N–H and O–H groups in total. The molecular formula is C26H38F4N2O4SSi. The monoisotopic (exact) mass is 578 g/mol. The molecule has 2 unspecified atom stereocenters. The van der Waals surface area contributed by atoms with Gasteiger partial charge in [-0.15, -0.1) is 0 Å². The molecule has 1 aliphatic heterocycles. The summed E-state index contributed by atoms with van der Waals surface area (Å²) in [5, 5.41) is 4.62. The quantitative estimate of drug-likeness (QED) is 0.182. The van der Waals surface area contributed by atoms with Gasteiger partial charge in [-0.1, -0.05) is 39.6 Å². The molecule has 0 radical (unpaired) electrons. The molecule has 3 rings (SSSR count). The Bertz CT molecular complexity index is 1220. The molecule has 214 valence electrons. The Morgan fingerprint density at radius 1 is 1.21 bits per heavy atom. The number of aromatic nitrogens is 2. The van der Waals surface area contributed by atoms with Crippen molar-refractivity contribution in [2.24, 2.45) is 0 Å². The Kier molecular flexibility index (Phi) is 8.92. The van der Waals surface area contributed by atoms with E-state index in [9.17, 15) is 26.0 Å². The molecule has 0 spiro atoms. The Morgan fingerprint density at radius 3 is 2.50 bits per heavy atom. The molecule has 1 saturated heterocycles. The normalized spacial score (nSPS) is 21.6. The first-order chi connectivity index (χ1) is 17.4. The number of hydrogen-bond acceptors (Lipinski definition) is 5. The third-order valence-corrected chi connectivity index (χ3v) is 11.3. The van der Waals surface area contributed by atoms with Crippen molar-refractivity contribution in [1.82, 2.24) is 9.78 Å². The summed E-state index contributed by atoms with van der Waals surface area (Å²) >= 11 is 0. The average molecular weight is 579 g/mol. The molecule has 0 aliphatic carbocycles. The van der Waals surface area contributed by atoms with Gasteiger partial charge in [-0.3, -0.25) is 4.39 Å². The van der Waals surface area contributed by atoms with Gasteiger partial charge >= 0.3 is 6.18 Å². The van der Waals surface area contributed by atoms with Crippen LogP contribution in [0, 0.1) is 0 Å². The van der Waals surface area contributed by atoms with Crippen molar-refractivity contribution in [3.05, 3.63) is 47.3 Å². The Morgan fingerprint density at radius 2 is 1.89 bits per heavy atom. The minimum Gasteiger partial charge on any atom is -0.372 e. The van der Waals surface area contributed by atoms with Crippen LogP contribution in [-0.2, 0) is 37.6 Å². The summed E-state index contributed by atoms with van der Waals surface area (Å²) in [5.41, 5.74) is -0.841. The van der Waals surface area contributed by atoms with E-state index >= 15 is 0 Å². The van der Waals surface area contributed by atoms with Crippen LogP contribution in [0.4, 0.5) is 17.6 Å². The van der Waals surface area contributed by atoms with Gasteiger partial charge in [-0.2, -0.15) is 18.3 Å². The predicted octanol–water partition coefficient (Wildman–Crippen LogP) is 6.55. The molecular weight excluding hydrogens is 540 g/mol. The van der Waals surface area contributed by atoms with Crippen molar-refractivity contribution < 1.29 is 35.5 Å². The molecule has 6 nitrogen and oxygen atoms in total. The molecule has 38 heavy (non-hydrogen) atoms. The summed E-state index contributed by atoms with van der Waals surface area (Å²) in [6.07, 6.45) is -5.28. The van der Waals surface area contributed by atoms with Crippen LogP contribution in [0.5, 0.6) is 0 Å². The van der Waals surface area contributed by atoms with E-state index in [4.69, 9.17) is 9.47 Å². The first kappa shape index (κ1) is 30.8. The molecule has 1 aromatic heterocycles. The lowest BCUT2D eigenvalue weighted by Gasteiger charge is -2.37. The van der Waals surface area contributed by atoms with Crippen LogP contribution < -0.4 is 0 Å². The Hall–Kier alpha value is -1.76. The molecule has 1 aromatic carbocycles. The van der Waals surface area contributed by atoms with E-state index < -0.39 is 52.6 Å². The highest BCUT2D eigenvalue weighted by Gasteiger charge is 2.46. The summed E-state index contributed by atoms with van der Waals surface area (Å²) in [6, 6.07) is 6.50. The maximum absolute atomic E-state index is 13.9. The highest BCUT2D eigenvalue weighted by molar-refractivity contribution is 7.92. The van der Waals surface area contributed by atoms with Crippen molar-refractivity contribution in [3.63, 3.8) is 0 Å². The zero-order chi connectivity index (χ0) is 28.6. The first-order valence-corrected chi connectivity index (χ1v) is 17.8. The third-order valence-electron chi connectivity index (χ3n) is 7.05. The minimum atomic E-state index is -4.66. The molecule has 0 bridgehead atoms. The summed E-state index contributed by atoms with van der Waals surface area (Å²) in [5.74, 6) is 0. The number of rotatable bonds is 10. The lowest BCUT2D eigenvalue weighted by atomic mass is 9.89. The van der Waals surface area contributed by atoms with Gasteiger partial charge in [0, 0.05) is 32.4 Å². The standard InChI is InChI=1S/C26H38F4N2O4SSi/c1-24(2,17-27)23-15-21(31-32(23)18-35-12-13-38(4,5)6)22-16-25(3,10-11-36-22)37(33,34)20-9-7-8-19(14-20)26(28,29)30/h7-9,14-15,22H,10-13,16-18H2,1-6H3. The molecule has 1 fully saturated rings. The second kappa shape index (κ2) is 11.0. The van der Waals surface area contributed by atoms with Crippen LogP contribution >= 0.6 is 0 Å². The van der Waals surface area contributed by atoms with Gasteiger partial charge in [0.25, 0.3) is 0 Å². The molecule has 12 heteroatoms. The topological polar surface area (TPSA) is 70.4 Å². The van der Waals surface area contributed by atoms with E-state index in [1.807, 2.05) is 0 Å². The number of alkyl halides is 4. The van der Waals surface area contributed by atoms with Crippen LogP contribution in [0.1, 0.15) is 56.7 Å². The minimum absolute atomic E-state index is 0.00539. The maximum atomic E-state index is 13.9. The average Bonchev–Trinajstić information content (AvgIpc) is 3.26. The van der Waals surface area contributed by atoms with Gasteiger partial charge in [0.2, 0.25) is 0 Å². The van der Waals surface area contributed by atoms with E-state index in [0.29, 0.717) is 24.1 Å². The van der Waals surface area contributed by atoms with Crippen molar-refractivity contribution >= 4 is 17.9 Å². The summed E-state index contributed by atoms with van der Waals surface area (Å²) < 4.78 is 92.8. The number of nitrogens with zero attached hydrogens (tertiary/aromatic N) is 2. The third kappa shape index (κ3) is 6.86. The molecule has 2 aromatic rings. The second-order valence-corrected chi connectivity index (χ2v) is 20.2. The largest absolute Gasteiger partial charge is 0.416 e. The zero-order valence-corrected chi connectivity index (χ0v) is 24.7. The predicted molar refractivity (Wildman–Crippen MR) is 140 cm³/mol. The van der Waals surface area contributed by atoms with Gasteiger partial charge in [0.05, 0.1) is 20.9 Å². The highest BCUT2D eigenvalue weighted by atomic mass is 32.2. The molecule has 1 aliphatic rings. The molecule has 0 saturated carbocycles. The summed E-state index contributed by atoms with van der Waals surface area (Å²) in [4.78, 5) is -0.379. The number of hydrogen-bond donors (Lipinski definition) is 0. The van der Waals surface area contributed by atoms with E-state index in [1.165, 1.54) is 13.0 Å². The smallest absolute Gasteiger partial charge is 0.372 e. The van der Waals surface area contributed by atoms with E-state index in [2.05, 4.69) is 24.7 Å². The van der Waals surface area contributed by atoms with Crippen LogP contribution in [0.15, 0.2) is 35.2 Å². The van der Waals surface area contributed by atoms with Crippen molar-refractivity contribution in [2.75, 3.05) is 19.9 Å². The van der Waals surface area contributed by atoms with Crippen molar-refractivity contribution in [1.29, 1.82) is 0 Å². The van der Waals surface area contributed by atoms with E-state index in [-0.39, 0.29) is 31.1 Å². The van der Waals surface area contributed by atoms with Crippen LogP contribution in [-0.4, -0.2) is 50.9 Å². The number of benzene rings is 1. The maximum Gasteiger partial charge on any atom is 0.416 e. The lowest BCUT2D eigenvalue weighted by Crippen LogP contribution is -2.42. The molecule has 2 atom stereocenters. The first-order valence-electron chi connectivity index (χ1n) is 12.7. The van der Waals surface area contributed by atoms with Gasteiger partial charge in [0.15, 0.2) is 9.84 Å². The number of sulfone groups is 1. The van der Waals surface area contributed by atoms with E-state index in [0.717, 1.165) is 18.2 Å². The van der Waals surface area contributed by atoms with Gasteiger partial charge in [-0.05, 0) is 50.1 Å². The second-order valence-electron chi connectivity index (χ2n) is 12.1. The SMILES string of the molecule is CC(C)(CF)c1cc(C2CC(C)(S(=O)(=O)c3cccc(C(F)(F)F)c3)CCO2)nn1COCC[Si](C)(C)C. The van der Waals surface area contributed by atoms with E-state index in [1.54, 1.807) is 24.6 Å². The summed E-state index contributed by atoms with van der Waals surface area (Å²) in [6.45, 7) is 11.9. The van der Waals surface area contributed by atoms with Gasteiger partial charge < -0.3 is 9.47 Å². The highest BCUT2D eigenvalue weighted by Crippen LogP contribution is 2.43. The fourth-order valence-electron chi connectivity index (χ4n) is 4.36. The fourth-order valence-corrected chi connectivity index (χ4v) is 6.95. The molecule has 0 amide bonds. The zero-order valence-electron chi connectivity index (χ0n) is 22.9. The van der Waals surface area contributed by atoms with Gasteiger partial charge in [0.1, 0.15) is 19.5 Å². The molecule has 2 heterocycles.